The van der Waals surface area contributed by atoms with E-state index in [2.05, 4.69) is 9.80 Å². The zero-order chi connectivity index (χ0) is 17.1. The molecule has 2 aliphatic rings. The summed E-state index contributed by atoms with van der Waals surface area (Å²) in [5, 5.41) is 0. The minimum atomic E-state index is -0.211. The number of nitrogens with two attached hydrogens (primary N) is 1. The van der Waals surface area contributed by atoms with Crippen LogP contribution in [0.25, 0.3) is 0 Å². The summed E-state index contributed by atoms with van der Waals surface area (Å²) in [6, 6.07) is 6.72. The molecule has 0 spiro atoms. The molecule has 2 unspecified atom stereocenters. The van der Waals surface area contributed by atoms with Gasteiger partial charge in [-0.2, -0.15) is 0 Å². The highest BCUT2D eigenvalue weighted by Crippen LogP contribution is 2.21. The van der Waals surface area contributed by atoms with E-state index in [9.17, 15) is 9.18 Å². The number of likely N-dealkylation sites (tertiary alicyclic amines) is 1. The lowest BCUT2D eigenvalue weighted by Gasteiger charge is -2.40. The third-order valence-electron chi connectivity index (χ3n) is 5.34. The molecule has 0 radical (unpaired) electrons. The number of piperazine rings is 1. The van der Waals surface area contributed by atoms with Gasteiger partial charge in [-0.25, -0.2) is 4.39 Å². The van der Waals surface area contributed by atoms with Crippen molar-refractivity contribution in [3.63, 3.8) is 0 Å². The Morgan fingerprint density at radius 1 is 1.15 bits per heavy atom. The van der Waals surface area contributed by atoms with Crippen molar-refractivity contribution in [3.05, 3.63) is 30.1 Å². The van der Waals surface area contributed by atoms with Crippen molar-refractivity contribution in [2.24, 2.45) is 5.73 Å². The van der Waals surface area contributed by atoms with E-state index in [0.29, 0.717) is 6.54 Å². The largest absolute Gasteiger partial charge is 0.369 e. The number of carbonyl (C=O) groups is 1. The van der Waals surface area contributed by atoms with E-state index in [1.807, 2.05) is 24.0 Å². The van der Waals surface area contributed by atoms with Gasteiger partial charge in [-0.15, -0.1) is 24.8 Å². The molecule has 0 bridgehead atoms. The molecule has 1 amide bonds. The summed E-state index contributed by atoms with van der Waals surface area (Å²) in [6.07, 6.45) is 2.08. The van der Waals surface area contributed by atoms with Crippen LogP contribution in [0, 0.1) is 5.82 Å². The van der Waals surface area contributed by atoms with Crippen LogP contribution in [0.5, 0.6) is 0 Å². The molecular weight excluding hydrogens is 378 g/mol. The normalized spacial score (nSPS) is 21.7. The highest BCUT2D eigenvalue weighted by molar-refractivity contribution is 5.85. The number of amides is 1. The molecule has 1 aromatic carbocycles. The van der Waals surface area contributed by atoms with Crippen LogP contribution in [-0.2, 0) is 4.79 Å². The Morgan fingerprint density at radius 2 is 1.77 bits per heavy atom. The smallest absolute Gasteiger partial charge is 0.239 e. The third kappa shape index (κ3) is 5.00. The summed E-state index contributed by atoms with van der Waals surface area (Å²) in [7, 11) is 0. The maximum Gasteiger partial charge on any atom is 0.239 e. The van der Waals surface area contributed by atoms with Crippen molar-refractivity contribution < 1.29 is 9.18 Å². The number of hydrogen-bond acceptors (Lipinski definition) is 4. The minimum absolute atomic E-state index is 0. The third-order valence-corrected chi connectivity index (χ3v) is 5.34. The molecule has 2 fully saturated rings. The van der Waals surface area contributed by atoms with E-state index >= 15 is 0 Å². The molecule has 2 N–H and O–H groups in total. The molecule has 2 atom stereocenters. The van der Waals surface area contributed by atoms with Gasteiger partial charge in [0.2, 0.25) is 5.91 Å². The molecule has 148 valence electrons. The Kier molecular flexibility index (Phi) is 9.10. The van der Waals surface area contributed by atoms with Crippen LogP contribution in [0.1, 0.15) is 19.8 Å². The van der Waals surface area contributed by atoms with Crippen LogP contribution < -0.4 is 10.6 Å². The number of anilines is 1. The van der Waals surface area contributed by atoms with Gasteiger partial charge in [0.25, 0.3) is 0 Å². The Bertz CT molecular complexity index is 567. The number of benzene rings is 1. The second kappa shape index (κ2) is 10.3. The predicted molar refractivity (Wildman–Crippen MR) is 108 cm³/mol. The molecule has 3 rings (SSSR count). The summed E-state index contributed by atoms with van der Waals surface area (Å²) in [5.41, 5.74) is 6.83. The van der Waals surface area contributed by atoms with Crippen molar-refractivity contribution in [1.82, 2.24) is 9.80 Å². The average Bonchev–Trinajstić information content (AvgIpc) is 3.10. The first-order valence-corrected chi connectivity index (χ1v) is 8.85. The van der Waals surface area contributed by atoms with E-state index < -0.39 is 0 Å². The molecular formula is C18H29Cl2FN4O. The maximum absolute atomic E-state index is 13.0. The highest BCUT2D eigenvalue weighted by Gasteiger charge is 2.34. The average molecular weight is 407 g/mol. The molecule has 26 heavy (non-hydrogen) atoms. The van der Waals surface area contributed by atoms with Crippen molar-refractivity contribution in [1.29, 1.82) is 0 Å². The lowest BCUT2D eigenvalue weighted by molar-refractivity contribution is -0.137. The number of nitrogens with zero attached hydrogens (tertiary/aromatic N) is 3. The zero-order valence-corrected chi connectivity index (χ0v) is 16.8. The summed E-state index contributed by atoms with van der Waals surface area (Å²) in [6.45, 7) is 6.77. The van der Waals surface area contributed by atoms with Crippen LogP contribution in [0.15, 0.2) is 24.3 Å². The minimum Gasteiger partial charge on any atom is -0.369 e. The first-order chi connectivity index (χ1) is 11.6. The molecule has 2 saturated heterocycles. The van der Waals surface area contributed by atoms with Crippen molar-refractivity contribution in [2.45, 2.75) is 31.8 Å². The van der Waals surface area contributed by atoms with Crippen molar-refractivity contribution in [2.75, 3.05) is 44.2 Å². The Labute approximate surface area is 167 Å². The lowest BCUT2D eigenvalue weighted by Crippen LogP contribution is -2.55. The molecule has 1 aromatic rings. The van der Waals surface area contributed by atoms with Crippen LogP contribution in [0.2, 0.25) is 0 Å². The van der Waals surface area contributed by atoms with Gasteiger partial charge in [0.05, 0.1) is 6.04 Å². The molecule has 5 nitrogen and oxygen atoms in total. The molecule has 8 heteroatoms. The van der Waals surface area contributed by atoms with Crippen LogP contribution in [0.3, 0.4) is 0 Å². The Balaban J connectivity index is 0.00000169. The first-order valence-electron chi connectivity index (χ1n) is 8.85. The Hall–Kier alpha value is -1.08. The second-order valence-corrected chi connectivity index (χ2v) is 6.74. The summed E-state index contributed by atoms with van der Waals surface area (Å²) in [5.74, 6) is -0.00476. The fourth-order valence-electron chi connectivity index (χ4n) is 3.79. The number of halogens is 3. The molecule has 0 aliphatic carbocycles. The van der Waals surface area contributed by atoms with Gasteiger partial charge in [0.15, 0.2) is 0 Å². The summed E-state index contributed by atoms with van der Waals surface area (Å²) >= 11 is 0. The molecule has 2 aliphatic heterocycles. The van der Waals surface area contributed by atoms with E-state index in [4.69, 9.17) is 5.73 Å². The topological polar surface area (TPSA) is 52.8 Å². The quantitative estimate of drug-likeness (QED) is 0.831. The van der Waals surface area contributed by atoms with Crippen molar-refractivity contribution in [3.8, 4) is 0 Å². The number of carbonyl (C=O) groups excluding carboxylic acids is 1. The van der Waals surface area contributed by atoms with E-state index in [0.717, 1.165) is 51.3 Å². The van der Waals surface area contributed by atoms with E-state index in [1.165, 1.54) is 12.1 Å². The standard InChI is InChI=1S/C18H27FN4O.2ClH/c1-14(18(24)23-8-2-3-17(23)13-20)21-9-11-22(12-10-21)16-6-4-15(19)5-7-16;;/h4-7,14,17H,2-3,8-13,20H2,1H3;2*1H. The van der Waals surface area contributed by atoms with Gasteiger partial charge in [-0.05, 0) is 44.0 Å². The predicted octanol–water partition coefficient (Wildman–Crippen LogP) is 2.13. The van der Waals surface area contributed by atoms with Gasteiger partial charge < -0.3 is 15.5 Å². The summed E-state index contributed by atoms with van der Waals surface area (Å²) in [4.78, 5) is 19.2. The van der Waals surface area contributed by atoms with Gasteiger partial charge in [-0.3, -0.25) is 9.69 Å². The summed E-state index contributed by atoms with van der Waals surface area (Å²) < 4.78 is 13.0. The number of hydrogen-bond donors (Lipinski definition) is 1. The van der Waals surface area contributed by atoms with Gasteiger partial charge in [-0.1, -0.05) is 0 Å². The van der Waals surface area contributed by atoms with Gasteiger partial charge >= 0.3 is 0 Å². The second-order valence-electron chi connectivity index (χ2n) is 6.74. The molecule has 2 heterocycles. The molecule has 0 saturated carbocycles. The fourth-order valence-corrected chi connectivity index (χ4v) is 3.79. The zero-order valence-electron chi connectivity index (χ0n) is 15.1. The van der Waals surface area contributed by atoms with E-state index in [1.54, 1.807) is 0 Å². The monoisotopic (exact) mass is 406 g/mol. The number of rotatable bonds is 4. The molecule has 0 aromatic heterocycles. The van der Waals surface area contributed by atoms with Gasteiger partial charge in [0, 0.05) is 51.0 Å². The Morgan fingerprint density at radius 3 is 2.35 bits per heavy atom. The van der Waals surface area contributed by atoms with E-state index in [-0.39, 0.29) is 48.6 Å². The SMILES string of the molecule is CC(C(=O)N1CCCC1CN)N1CCN(c2ccc(F)cc2)CC1.Cl.Cl. The van der Waals surface area contributed by atoms with Crippen LogP contribution in [0.4, 0.5) is 10.1 Å². The van der Waals surface area contributed by atoms with Crippen LogP contribution in [-0.4, -0.2) is 67.1 Å². The maximum atomic E-state index is 13.0. The van der Waals surface area contributed by atoms with Crippen LogP contribution >= 0.6 is 24.8 Å². The van der Waals surface area contributed by atoms with Gasteiger partial charge in [0.1, 0.15) is 5.82 Å². The highest BCUT2D eigenvalue weighted by atomic mass is 35.5. The fraction of sp³-hybridized carbons (Fsp3) is 0.611. The first kappa shape index (κ1) is 23.0. The van der Waals surface area contributed by atoms with Crippen molar-refractivity contribution >= 4 is 36.4 Å². The lowest BCUT2D eigenvalue weighted by atomic mass is 10.1.